The minimum atomic E-state index is 0.190. The number of aromatic nitrogens is 4. The minimum absolute atomic E-state index is 0.190. The normalized spacial score (nSPS) is 10.8. The van der Waals surface area contributed by atoms with Crippen LogP contribution < -0.4 is 16.0 Å². The summed E-state index contributed by atoms with van der Waals surface area (Å²) in [5.41, 5.74) is 2.84. The zero-order chi connectivity index (χ0) is 14.1. The van der Waals surface area contributed by atoms with Crippen LogP contribution in [-0.2, 0) is 0 Å². The first kappa shape index (κ1) is 12.9. The Balaban J connectivity index is 2.10. The highest BCUT2D eigenvalue weighted by atomic mass is 35.5. The van der Waals surface area contributed by atoms with Gasteiger partial charge in [0.25, 0.3) is 0 Å². The highest BCUT2D eigenvalue weighted by molar-refractivity contribution is 6.42. The van der Waals surface area contributed by atoms with Gasteiger partial charge in [-0.1, -0.05) is 29.3 Å². The highest BCUT2D eigenvalue weighted by Crippen LogP contribution is 2.35. The molecule has 0 radical (unpaired) electrons. The number of hydrazine groups is 1. The summed E-state index contributed by atoms with van der Waals surface area (Å²) in [5.74, 6) is 6.15. The summed E-state index contributed by atoms with van der Waals surface area (Å²) < 4.78 is 5.68. The standard InChI is InChI=1S/C11H8Cl2N6O/c12-6-2-1-3-7(8(6)13)20-10-5-4-15-19-9(5)16-11(17-10)18-14/h1-4H,14H2,(H2,15,16,17,18,19). The van der Waals surface area contributed by atoms with E-state index in [0.29, 0.717) is 26.8 Å². The van der Waals surface area contributed by atoms with Crippen molar-refractivity contribution < 1.29 is 4.74 Å². The van der Waals surface area contributed by atoms with Gasteiger partial charge >= 0.3 is 0 Å². The fourth-order valence-corrected chi connectivity index (χ4v) is 1.95. The van der Waals surface area contributed by atoms with E-state index in [2.05, 4.69) is 25.6 Å². The maximum Gasteiger partial charge on any atom is 0.242 e. The number of nitrogens with one attached hydrogen (secondary N) is 2. The topological polar surface area (TPSA) is 102 Å². The lowest BCUT2D eigenvalue weighted by atomic mass is 10.3. The summed E-state index contributed by atoms with van der Waals surface area (Å²) in [6, 6.07) is 5.06. The molecule has 0 amide bonds. The number of H-pyrrole nitrogens is 1. The van der Waals surface area contributed by atoms with Crippen LogP contribution in [0, 0.1) is 0 Å². The Kier molecular flexibility index (Phi) is 3.31. The predicted octanol–water partition coefficient (Wildman–Crippen LogP) is 2.74. The molecule has 7 nitrogen and oxygen atoms in total. The lowest BCUT2D eigenvalue weighted by molar-refractivity contribution is 0.469. The van der Waals surface area contributed by atoms with E-state index in [-0.39, 0.29) is 11.8 Å². The van der Waals surface area contributed by atoms with Gasteiger partial charge in [-0.3, -0.25) is 10.5 Å². The first-order valence-corrected chi connectivity index (χ1v) is 6.24. The first-order chi connectivity index (χ1) is 9.69. The number of rotatable bonds is 3. The summed E-state index contributed by atoms with van der Waals surface area (Å²) >= 11 is 12.0. The van der Waals surface area contributed by atoms with Crippen molar-refractivity contribution in [3.05, 3.63) is 34.4 Å². The van der Waals surface area contributed by atoms with Gasteiger partial charge in [-0.05, 0) is 12.1 Å². The first-order valence-electron chi connectivity index (χ1n) is 5.48. The number of benzene rings is 1. The van der Waals surface area contributed by atoms with Gasteiger partial charge in [-0.2, -0.15) is 15.1 Å². The number of fused-ring (bicyclic) bond motifs is 1. The number of nitrogens with two attached hydrogens (primary N) is 1. The fraction of sp³-hybridized carbons (Fsp3) is 0. The summed E-state index contributed by atoms with van der Waals surface area (Å²) in [5, 5.41) is 7.88. The molecule has 2 heterocycles. The van der Waals surface area contributed by atoms with Gasteiger partial charge in [0.2, 0.25) is 11.8 Å². The van der Waals surface area contributed by atoms with Gasteiger partial charge in [-0.15, -0.1) is 0 Å². The summed E-state index contributed by atoms with van der Waals surface area (Å²) in [6.07, 6.45) is 1.55. The smallest absolute Gasteiger partial charge is 0.242 e. The van der Waals surface area contributed by atoms with Crippen LogP contribution in [0.4, 0.5) is 5.95 Å². The van der Waals surface area contributed by atoms with Crippen molar-refractivity contribution in [2.45, 2.75) is 0 Å². The Morgan fingerprint density at radius 2 is 2.10 bits per heavy atom. The van der Waals surface area contributed by atoms with E-state index in [1.165, 1.54) is 0 Å². The van der Waals surface area contributed by atoms with Crippen LogP contribution in [-0.4, -0.2) is 20.2 Å². The second-order valence-electron chi connectivity index (χ2n) is 3.78. The molecule has 0 aliphatic rings. The molecule has 3 rings (SSSR count). The molecule has 0 aliphatic heterocycles. The van der Waals surface area contributed by atoms with Crippen LogP contribution in [0.25, 0.3) is 11.0 Å². The molecule has 3 aromatic rings. The average Bonchev–Trinajstić information content (AvgIpc) is 2.92. The van der Waals surface area contributed by atoms with Gasteiger partial charge in [0.1, 0.15) is 16.2 Å². The molecule has 0 saturated carbocycles. The van der Waals surface area contributed by atoms with E-state index < -0.39 is 0 Å². The van der Waals surface area contributed by atoms with E-state index >= 15 is 0 Å². The summed E-state index contributed by atoms with van der Waals surface area (Å²) in [4.78, 5) is 8.22. The molecule has 0 unspecified atom stereocenters. The van der Waals surface area contributed by atoms with Crippen molar-refractivity contribution >= 4 is 40.2 Å². The molecule has 0 aliphatic carbocycles. The van der Waals surface area contributed by atoms with Crippen molar-refractivity contribution in [2.24, 2.45) is 5.84 Å². The van der Waals surface area contributed by atoms with E-state index in [1.807, 2.05) is 0 Å². The molecule has 1 aromatic carbocycles. The van der Waals surface area contributed by atoms with Crippen LogP contribution in [0.15, 0.2) is 24.4 Å². The zero-order valence-corrected chi connectivity index (χ0v) is 11.4. The third kappa shape index (κ3) is 2.22. The predicted molar refractivity (Wildman–Crippen MR) is 76.0 cm³/mol. The van der Waals surface area contributed by atoms with Gasteiger partial charge in [0.05, 0.1) is 11.2 Å². The van der Waals surface area contributed by atoms with Crippen molar-refractivity contribution in [3.63, 3.8) is 0 Å². The Hall–Kier alpha value is -2.09. The quantitative estimate of drug-likeness (QED) is 0.508. The van der Waals surface area contributed by atoms with Crippen molar-refractivity contribution in [1.82, 2.24) is 20.2 Å². The van der Waals surface area contributed by atoms with E-state index in [9.17, 15) is 0 Å². The molecule has 0 saturated heterocycles. The van der Waals surface area contributed by atoms with E-state index in [4.69, 9.17) is 33.8 Å². The third-order valence-corrected chi connectivity index (χ3v) is 3.33. The molecule has 4 N–H and O–H groups in total. The van der Waals surface area contributed by atoms with Crippen molar-refractivity contribution in [2.75, 3.05) is 5.43 Å². The number of ether oxygens (including phenoxy) is 1. The maximum atomic E-state index is 6.08. The number of hydrogen-bond donors (Lipinski definition) is 3. The van der Waals surface area contributed by atoms with Crippen molar-refractivity contribution in [1.29, 1.82) is 0 Å². The van der Waals surface area contributed by atoms with Crippen LogP contribution in [0.5, 0.6) is 11.6 Å². The molecule has 0 fully saturated rings. The molecular weight excluding hydrogens is 303 g/mol. The van der Waals surface area contributed by atoms with E-state index in [0.717, 1.165) is 0 Å². The van der Waals surface area contributed by atoms with Crippen LogP contribution in [0.2, 0.25) is 10.0 Å². The molecule has 9 heteroatoms. The van der Waals surface area contributed by atoms with Gasteiger partial charge in [-0.25, -0.2) is 5.84 Å². The highest BCUT2D eigenvalue weighted by Gasteiger charge is 2.13. The Labute approximate surface area is 123 Å². The van der Waals surface area contributed by atoms with Gasteiger partial charge < -0.3 is 4.74 Å². The third-order valence-electron chi connectivity index (χ3n) is 2.53. The zero-order valence-electron chi connectivity index (χ0n) is 9.89. The monoisotopic (exact) mass is 310 g/mol. The Morgan fingerprint density at radius 3 is 2.90 bits per heavy atom. The summed E-state index contributed by atoms with van der Waals surface area (Å²) in [6.45, 7) is 0. The lowest BCUT2D eigenvalue weighted by Gasteiger charge is -2.09. The summed E-state index contributed by atoms with van der Waals surface area (Å²) in [7, 11) is 0. The maximum absolute atomic E-state index is 6.08. The van der Waals surface area contributed by atoms with Gasteiger partial charge in [0.15, 0.2) is 5.65 Å². The van der Waals surface area contributed by atoms with E-state index in [1.54, 1.807) is 24.4 Å². The number of nitrogens with zero attached hydrogens (tertiary/aromatic N) is 3. The molecule has 20 heavy (non-hydrogen) atoms. The number of halogens is 2. The number of aromatic amines is 1. The second-order valence-corrected chi connectivity index (χ2v) is 4.57. The average molecular weight is 311 g/mol. The number of anilines is 1. The van der Waals surface area contributed by atoms with Crippen LogP contribution in [0.3, 0.4) is 0 Å². The second kappa shape index (κ2) is 5.12. The van der Waals surface area contributed by atoms with Crippen molar-refractivity contribution in [3.8, 4) is 11.6 Å². The largest absolute Gasteiger partial charge is 0.436 e. The SMILES string of the molecule is NNc1nc(Oc2cccc(Cl)c2Cl)c2cn[nH]c2n1. The molecule has 0 bridgehead atoms. The number of hydrogen-bond acceptors (Lipinski definition) is 6. The Morgan fingerprint density at radius 1 is 1.25 bits per heavy atom. The molecule has 102 valence electrons. The molecule has 0 spiro atoms. The molecular formula is C11H8Cl2N6O. The van der Waals surface area contributed by atoms with Crippen LogP contribution >= 0.6 is 23.2 Å². The lowest BCUT2D eigenvalue weighted by Crippen LogP contribution is -2.10. The van der Waals surface area contributed by atoms with Crippen LogP contribution in [0.1, 0.15) is 0 Å². The Bertz CT molecular complexity index is 775. The molecule has 0 atom stereocenters. The molecule has 2 aromatic heterocycles. The van der Waals surface area contributed by atoms with Gasteiger partial charge in [0, 0.05) is 0 Å². The minimum Gasteiger partial charge on any atom is -0.436 e. The fourth-order valence-electron chi connectivity index (χ4n) is 1.62. The number of nitrogen functional groups attached to an aromatic ring is 1.